The van der Waals surface area contributed by atoms with Crippen LogP contribution in [0.3, 0.4) is 0 Å². The van der Waals surface area contributed by atoms with Crippen molar-refractivity contribution >= 4 is 11.6 Å². The Labute approximate surface area is 151 Å². The molecule has 0 bridgehead atoms. The zero-order chi connectivity index (χ0) is 18.7. The lowest BCUT2D eigenvalue weighted by molar-refractivity contribution is 0.102. The Bertz CT molecular complexity index is 916. The zero-order valence-corrected chi connectivity index (χ0v) is 14.9. The van der Waals surface area contributed by atoms with E-state index in [0.29, 0.717) is 35.3 Å². The highest BCUT2D eigenvalue weighted by atomic mass is 16.1. The van der Waals surface area contributed by atoms with Gasteiger partial charge in [0.25, 0.3) is 5.91 Å². The van der Waals surface area contributed by atoms with Crippen LogP contribution in [-0.4, -0.2) is 31.1 Å². The molecule has 0 unspecified atom stereocenters. The molecule has 0 aliphatic heterocycles. The number of aromatic nitrogens is 5. The van der Waals surface area contributed by atoms with E-state index in [9.17, 15) is 4.79 Å². The van der Waals surface area contributed by atoms with Crippen LogP contribution in [0.1, 0.15) is 47.5 Å². The van der Waals surface area contributed by atoms with Crippen molar-refractivity contribution in [2.24, 2.45) is 5.73 Å². The van der Waals surface area contributed by atoms with E-state index in [2.05, 4.69) is 30.5 Å². The molecule has 0 saturated heterocycles. The van der Waals surface area contributed by atoms with E-state index < -0.39 is 0 Å². The molecule has 4 N–H and O–H groups in total. The van der Waals surface area contributed by atoms with Crippen molar-refractivity contribution in [2.45, 2.75) is 33.2 Å². The van der Waals surface area contributed by atoms with Crippen molar-refractivity contribution in [1.29, 1.82) is 0 Å². The number of hydrogen-bond donors (Lipinski definition) is 3. The first kappa shape index (κ1) is 17.7. The van der Waals surface area contributed by atoms with E-state index in [0.717, 1.165) is 11.3 Å². The molecule has 1 amide bonds. The molecule has 26 heavy (non-hydrogen) atoms. The van der Waals surface area contributed by atoms with Crippen LogP contribution in [0, 0.1) is 6.92 Å². The summed E-state index contributed by atoms with van der Waals surface area (Å²) in [5.74, 6) is 1.74. The van der Waals surface area contributed by atoms with E-state index in [1.54, 1.807) is 18.3 Å². The Kier molecular flexibility index (Phi) is 5.04. The summed E-state index contributed by atoms with van der Waals surface area (Å²) in [6, 6.07) is 7.29. The number of hydrogen-bond acceptors (Lipinski definition) is 6. The summed E-state index contributed by atoms with van der Waals surface area (Å²) in [6.45, 7) is 6.11. The third-order valence-corrected chi connectivity index (χ3v) is 3.86. The fourth-order valence-electron chi connectivity index (χ4n) is 2.52. The van der Waals surface area contributed by atoms with Crippen LogP contribution < -0.4 is 11.1 Å². The summed E-state index contributed by atoms with van der Waals surface area (Å²) >= 11 is 0. The Morgan fingerprint density at radius 1 is 1.23 bits per heavy atom. The molecule has 2 aromatic heterocycles. The number of rotatable bonds is 5. The smallest absolute Gasteiger partial charge is 0.259 e. The largest absolute Gasteiger partial charge is 0.324 e. The number of carbonyl (C=O) groups excluding carboxylic acids is 1. The third-order valence-electron chi connectivity index (χ3n) is 3.86. The number of nitrogens with one attached hydrogen (secondary N) is 2. The molecule has 3 aromatic rings. The number of nitrogens with two attached hydrogens (primary N) is 1. The second kappa shape index (κ2) is 7.40. The highest BCUT2D eigenvalue weighted by Crippen LogP contribution is 2.21. The molecule has 0 saturated carbocycles. The van der Waals surface area contributed by atoms with Crippen LogP contribution in [0.5, 0.6) is 0 Å². The lowest BCUT2D eigenvalue weighted by Gasteiger charge is -2.12. The van der Waals surface area contributed by atoms with Crippen molar-refractivity contribution in [1.82, 2.24) is 25.1 Å². The van der Waals surface area contributed by atoms with Crippen molar-refractivity contribution in [2.75, 3.05) is 5.32 Å². The highest BCUT2D eigenvalue weighted by Gasteiger charge is 2.16. The van der Waals surface area contributed by atoms with Crippen molar-refractivity contribution in [3.05, 3.63) is 53.4 Å². The lowest BCUT2D eigenvalue weighted by atomic mass is 10.0. The summed E-state index contributed by atoms with van der Waals surface area (Å²) in [7, 11) is 0. The number of anilines is 1. The highest BCUT2D eigenvalue weighted by molar-refractivity contribution is 6.05. The van der Waals surface area contributed by atoms with Crippen molar-refractivity contribution in [3.63, 3.8) is 0 Å². The van der Waals surface area contributed by atoms with E-state index in [4.69, 9.17) is 5.73 Å². The van der Waals surface area contributed by atoms with Gasteiger partial charge in [-0.25, -0.2) is 15.0 Å². The van der Waals surface area contributed by atoms with E-state index in [-0.39, 0.29) is 11.8 Å². The monoisotopic (exact) mass is 351 g/mol. The molecule has 0 fully saturated rings. The number of aryl methyl sites for hydroxylation is 1. The number of benzene rings is 1. The predicted molar refractivity (Wildman–Crippen MR) is 98.5 cm³/mol. The molecule has 0 aliphatic carbocycles. The second-order valence-electron chi connectivity index (χ2n) is 6.21. The van der Waals surface area contributed by atoms with Crippen LogP contribution >= 0.6 is 0 Å². The Balaban J connectivity index is 1.78. The van der Waals surface area contributed by atoms with Crippen LogP contribution in [0.4, 0.5) is 5.69 Å². The number of H-pyrrole nitrogens is 1. The van der Waals surface area contributed by atoms with Gasteiger partial charge in [0.05, 0.1) is 17.8 Å². The normalized spacial score (nSPS) is 11.0. The molecule has 0 spiro atoms. The van der Waals surface area contributed by atoms with Gasteiger partial charge in [0, 0.05) is 17.4 Å². The molecule has 1 aromatic carbocycles. The predicted octanol–water partition coefficient (Wildman–Crippen LogP) is 2.40. The molecule has 8 nitrogen and oxygen atoms in total. The quantitative estimate of drug-likeness (QED) is 0.649. The summed E-state index contributed by atoms with van der Waals surface area (Å²) in [4.78, 5) is 25.4. The third kappa shape index (κ3) is 3.75. The Morgan fingerprint density at radius 2 is 1.96 bits per heavy atom. The van der Waals surface area contributed by atoms with Crippen LogP contribution in [0.25, 0.3) is 11.4 Å². The van der Waals surface area contributed by atoms with Crippen LogP contribution in [-0.2, 0) is 6.54 Å². The van der Waals surface area contributed by atoms with Crippen molar-refractivity contribution in [3.8, 4) is 11.4 Å². The fourth-order valence-corrected chi connectivity index (χ4v) is 2.52. The van der Waals surface area contributed by atoms with Gasteiger partial charge in [-0.2, -0.15) is 5.10 Å². The fraction of sp³-hybridized carbons (Fsp3) is 0.278. The Morgan fingerprint density at radius 3 is 2.58 bits per heavy atom. The number of amides is 1. The first-order valence-corrected chi connectivity index (χ1v) is 8.34. The Hall–Kier alpha value is -3.13. The molecular formula is C18H21N7O. The molecule has 0 radical (unpaired) electrons. The zero-order valence-electron chi connectivity index (χ0n) is 14.9. The summed E-state index contributed by atoms with van der Waals surface area (Å²) in [6.07, 6.45) is 1.57. The van der Waals surface area contributed by atoms with E-state index in [1.165, 1.54) is 0 Å². The summed E-state index contributed by atoms with van der Waals surface area (Å²) < 4.78 is 0. The molecule has 0 aliphatic rings. The molecule has 134 valence electrons. The topological polar surface area (TPSA) is 122 Å². The lowest BCUT2D eigenvalue weighted by Crippen LogP contribution is -2.17. The average Bonchev–Trinajstić information content (AvgIpc) is 3.11. The summed E-state index contributed by atoms with van der Waals surface area (Å²) in [5, 5.41) is 9.77. The molecule has 3 rings (SSSR count). The van der Waals surface area contributed by atoms with E-state index in [1.807, 2.05) is 32.9 Å². The van der Waals surface area contributed by atoms with Crippen LogP contribution in [0.2, 0.25) is 0 Å². The maximum atomic E-state index is 12.6. The van der Waals surface area contributed by atoms with Gasteiger partial charge in [-0.05, 0) is 37.1 Å². The summed E-state index contributed by atoms with van der Waals surface area (Å²) in [5.41, 5.74) is 8.25. The maximum Gasteiger partial charge on any atom is 0.259 e. The number of nitrogens with zero attached hydrogens (tertiary/aromatic N) is 4. The first-order chi connectivity index (χ1) is 12.5. The molecule has 8 heteroatoms. The minimum Gasteiger partial charge on any atom is -0.324 e. The van der Waals surface area contributed by atoms with Gasteiger partial charge in [0.2, 0.25) is 0 Å². The van der Waals surface area contributed by atoms with Gasteiger partial charge in [-0.15, -0.1) is 0 Å². The van der Waals surface area contributed by atoms with Gasteiger partial charge in [0.15, 0.2) is 5.82 Å². The SMILES string of the molecule is Cc1ncc(C(=O)Nc2ccc(-c3n[nH]c(CN)n3)cc2)c(C(C)C)n1. The van der Waals surface area contributed by atoms with Gasteiger partial charge < -0.3 is 11.1 Å². The molecule has 2 heterocycles. The van der Waals surface area contributed by atoms with Gasteiger partial charge >= 0.3 is 0 Å². The minimum atomic E-state index is -0.232. The first-order valence-electron chi connectivity index (χ1n) is 8.34. The van der Waals surface area contributed by atoms with Gasteiger partial charge in [-0.3, -0.25) is 9.89 Å². The minimum absolute atomic E-state index is 0.127. The maximum absolute atomic E-state index is 12.6. The van der Waals surface area contributed by atoms with Gasteiger partial charge in [-0.1, -0.05) is 13.8 Å². The number of carbonyl (C=O) groups is 1. The average molecular weight is 351 g/mol. The molecule has 0 atom stereocenters. The number of aromatic amines is 1. The van der Waals surface area contributed by atoms with Crippen LogP contribution in [0.15, 0.2) is 30.5 Å². The standard InChI is InChI=1S/C18H21N7O/c1-10(2)16-14(9-20-11(3)21-16)18(26)22-13-6-4-12(5-7-13)17-23-15(8-19)24-25-17/h4-7,9-10H,8,19H2,1-3H3,(H,22,26)(H,23,24,25). The van der Waals surface area contributed by atoms with Gasteiger partial charge in [0.1, 0.15) is 11.6 Å². The second-order valence-corrected chi connectivity index (χ2v) is 6.21. The van der Waals surface area contributed by atoms with Crippen molar-refractivity contribution < 1.29 is 4.79 Å². The molecular weight excluding hydrogens is 330 g/mol. The van der Waals surface area contributed by atoms with E-state index >= 15 is 0 Å².